The fraction of sp³-hybridized carbons (Fsp3) is 0.632. The molecule has 0 bridgehead atoms. The van der Waals surface area contributed by atoms with Gasteiger partial charge in [-0.15, -0.1) is 0 Å². The van der Waals surface area contributed by atoms with Gasteiger partial charge in [-0.2, -0.15) is 0 Å². The van der Waals surface area contributed by atoms with Crippen LogP contribution in [0.4, 0.5) is 0 Å². The predicted octanol–water partition coefficient (Wildman–Crippen LogP) is 3.93. The predicted molar refractivity (Wildman–Crippen MR) is 105 cm³/mol. The standard InChI is InChI=1S/C19H32N2O2S/c1-18(2,3)13-19(4,5)21-17(24)20-12-11-14-9-8-10-15(22-6)16(14)23-7/h8-10H,11-13H2,1-7H3,(H2,20,21,24). The summed E-state index contributed by atoms with van der Waals surface area (Å²) in [7, 11) is 3.31. The average molecular weight is 353 g/mol. The number of hydrogen-bond donors (Lipinski definition) is 2. The van der Waals surface area contributed by atoms with E-state index in [-0.39, 0.29) is 11.0 Å². The van der Waals surface area contributed by atoms with Crippen LogP contribution in [0.5, 0.6) is 11.5 Å². The van der Waals surface area contributed by atoms with E-state index in [1.807, 2.05) is 18.2 Å². The number of rotatable bonds is 7. The molecule has 0 amide bonds. The van der Waals surface area contributed by atoms with Crippen molar-refractivity contribution in [3.05, 3.63) is 23.8 Å². The van der Waals surface area contributed by atoms with Gasteiger partial charge in [0.05, 0.1) is 14.2 Å². The molecular weight excluding hydrogens is 320 g/mol. The van der Waals surface area contributed by atoms with Crippen LogP contribution in [0.15, 0.2) is 18.2 Å². The third-order valence-electron chi connectivity index (χ3n) is 3.59. The van der Waals surface area contributed by atoms with Crippen molar-refractivity contribution >= 4 is 17.3 Å². The maximum atomic E-state index is 5.46. The van der Waals surface area contributed by atoms with Gasteiger partial charge in [-0.3, -0.25) is 0 Å². The summed E-state index contributed by atoms with van der Waals surface area (Å²) in [5.74, 6) is 1.54. The monoisotopic (exact) mass is 352 g/mol. The zero-order valence-electron chi connectivity index (χ0n) is 16.1. The number of methoxy groups -OCH3 is 2. The highest BCUT2D eigenvalue weighted by atomic mass is 32.1. The number of thiocarbonyl (C=S) groups is 1. The fourth-order valence-corrected chi connectivity index (χ4v) is 3.56. The van der Waals surface area contributed by atoms with E-state index in [1.165, 1.54) is 0 Å². The molecular formula is C19H32N2O2S. The Kier molecular flexibility index (Phi) is 7.33. The molecule has 1 aromatic rings. The maximum absolute atomic E-state index is 5.46. The summed E-state index contributed by atoms with van der Waals surface area (Å²) in [5.41, 5.74) is 1.30. The molecule has 0 aromatic heterocycles. The first-order valence-electron chi connectivity index (χ1n) is 8.34. The van der Waals surface area contributed by atoms with Gasteiger partial charge in [0.2, 0.25) is 0 Å². The lowest BCUT2D eigenvalue weighted by atomic mass is 9.82. The molecule has 0 aliphatic heterocycles. The Bertz CT molecular complexity index is 551. The summed E-state index contributed by atoms with van der Waals surface area (Å²) in [4.78, 5) is 0. The number of benzene rings is 1. The van der Waals surface area contributed by atoms with Crippen LogP contribution in [0.3, 0.4) is 0 Å². The van der Waals surface area contributed by atoms with E-state index < -0.39 is 0 Å². The van der Waals surface area contributed by atoms with Crippen molar-refractivity contribution in [1.82, 2.24) is 10.6 Å². The van der Waals surface area contributed by atoms with E-state index in [0.717, 1.165) is 36.4 Å². The number of nitrogens with one attached hydrogen (secondary N) is 2. The Morgan fingerprint density at radius 3 is 2.29 bits per heavy atom. The van der Waals surface area contributed by atoms with Crippen molar-refractivity contribution in [2.24, 2.45) is 5.41 Å². The van der Waals surface area contributed by atoms with Crippen LogP contribution < -0.4 is 20.1 Å². The molecule has 1 rings (SSSR count). The number of ether oxygens (including phenoxy) is 2. The summed E-state index contributed by atoms with van der Waals surface area (Å²) in [6.07, 6.45) is 1.84. The van der Waals surface area contributed by atoms with Crippen LogP contribution in [0.25, 0.3) is 0 Å². The normalized spacial score (nSPS) is 11.8. The second-order valence-corrected chi connectivity index (χ2v) is 8.31. The van der Waals surface area contributed by atoms with Crippen LogP contribution >= 0.6 is 12.2 Å². The minimum atomic E-state index is -0.0456. The molecule has 0 saturated carbocycles. The van der Waals surface area contributed by atoms with E-state index >= 15 is 0 Å². The quantitative estimate of drug-likeness (QED) is 0.728. The Balaban J connectivity index is 2.55. The highest BCUT2D eigenvalue weighted by Gasteiger charge is 2.25. The van der Waals surface area contributed by atoms with Gasteiger partial charge in [0.25, 0.3) is 0 Å². The molecule has 0 unspecified atom stereocenters. The second-order valence-electron chi connectivity index (χ2n) is 7.90. The number of para-hydroxylation sites is 1. The lowest BCUT2D eigenvalue weighted by molar-refractivity contribution is 0.266. The summed E-state index contributed by atoms with van der Waals surface area (Å²) in [6, 6.07) is 5.92. The highest BCUT2D eigenvalue weighted by molar-refractivity contribution is 7.80. The Morgan fingerprint density at radius 1 is 1.08 bits per heavy atom. The molecule has 1 aromatic carbocycles. The number of hydrogen-bond acceptors (Lipinski definition) is 3. The molecule has 0 aliphatic carbocycles. The van der Waals surface area contributed by atoms with Gasteiger partial charge in [-0.1, -0.05) is 32.9 Å². The van der Waals surface area contributed by atoms with Crippen LogP contribution in [-0.4, -0.2) is 31.4 Å². The van der Waals surface area contributed by atoms with Gasteiger partial charge in [0.15, 0.2) is 16.6 Å². The van der Waals surface area contributed by atoms with Gasteiger partial charge in [0.1, 0.15) is 0 Å². The van der Waals surface area contributed by atoms with Gasteiger partial charge in [-0.05, 0) is 56.0 Å². The third kappa shape index (κ3) is 6.95. The second kappa shape index (κ2) is 8.56. The topological polar surface area (TPSA) is 42.5 Å². The molecule has 0 fully saturated rings. The lowest BCUT2D eigenvalue weighted by Gasteiger charge is -2.34. The third-order valence-corrected chi connectivity index (χ3v) is 3.83. The van der Waals surface area contributed by atoms with Gasteiger partial charge >= 0.3 is 0 Å². The van der Waals surface area contributed by atoms with E-state index in [1.54, 1.807) is 14.2 Å². The molecule has 2 N–H and O–H groups in total. The van der Waals surface area contributed by atoms with E-state index in [0.29, 0.717) is 5.11 Å². The maximum Gasteiger partial charge on any atom is 0.166 e. The van der Waals surface area contributed by atoms with Gasteiger partial charge < -0.3 is 20.1 Å². The van der Waals surface area contributed by atoms with E-state index in [9.17, 15) is 0 Å². The van der Waals surface area contributed by atoms with Crippen molar-refractivity contribution in [2.75, 3.05) is 20.8 Å². The Labute approximate surface area is 152 Å². The Hall–Kier alpha value is -1.49. The average Bonchev–Trinajstić information content (AvgIpc) is 2.43. The molecule has 0 heterocycles. The molecule has 4 nitrogen and oxygen atoms in total. The van der Waals surface area contributed by atoms with E-state index in [2.05, 4.69) is 45.3 Å². The van der Waals surface area contributed by atoms with Crippen LogP contribution in [0, 0.1) is 5.41 Å². The molecule has 0 saturated heterocycles. The molecule has 0 atom stereocenters. The van der Waals surface area contributed by atoms with Crippen molar-refractivity contribution in [1.29, 1.82) is 0 Å². The molecule has 0 aliphatic rings. The summed E-state index contributed by atoms with van der Waals surface area (Å²) < 4.78 is 10.8. The zero-order chi connectivity index (χ0) is 18.4. The van der Waals surface area contributed by atoms with Crippen LogP contribution in [-0.2, 0) is 6.42 Å². The molecule has 5 heteroatoms. The van der Waals surface area contributed by atoms with Crippen LogP contribution in [0.2, 0.25) is 0 Å². The summed E-state index contributed by atoms with van der Waals surface area (Å²) >= 11 is 5.44. The SMILES string of the molecule is COc1cccc(CCNC(=S)NC(C)(C)CC(C)(C)C)c1OC. The van der Waals surface area contributed by atoms with Crippen molar-refractivity contribution < 1.29 is 9.47 Å². The minimum Gasteiger partial charge on any atom is -0.493 e. The lowest BCUT2D eigenvalue weighted by Crippen LogP contribution is -2.50. The van der Waals surface area contributed by atoms with Crippen molar-refractivity contribution in [3.63, 3.8) is 0 Å². The van der Waals surface area contributed by atoms with Gasteiger partial charge in [0, 0.05) is 12.1 Å². The van der Waals surface area contributed by atoms with Gasteiger partial charge in [-0.25, -0.2) is 0 Å². The first-order chi connectivity index (χ1) is 11.1. The zero-order valence-corrected chi connectivity index (χ0v) is 16.9. The summed E-state index contributed by atoms with van der Waals surface area (Å²) in [6.45, 7) is 11.8. The molecule has 136 valence electrons. The van der Waals surface area contributed by atoms with Crippen molar-refractivity contribution in [3.8, 4) is 11.5 Å². The molecule has 24 heavy (non-hydrogen) atoms. The first-order valence-corrected chi connectivity index (χ1v) is 8.75. The smallest absolute Gasteiger partial charge is 0.166 e. The highest BCUT2D eigenvalue weighted by Crippen LogP contribution is 2.30. The van der Waals surface area contributed by atoms with Crippen molar-refractivity contribution in [2.45, 2.75) is 53.0 Å². The minimum absolute atomic E-state index is 0.0456. The first kappa shape index (κ1) is 20.6. The largest absolute Gasteiger partial charge is 0.493 e. The Morgan fingerprint density at radius 2 is 1.75 bits per heavy atom. The molecule has 0 spiro atoms. The summed E-state index contributed by atoms with van der Waals surface area (Å²) in [5, 5.41) is 7.39. The van der Waals surface area contributed by atoms with Crippen LogP contribution in [0.1, 0.15) is 46.6 Å². The molecule has 0 radical (unpaired) electrons. The van der Waals surface area contributed by atoms with E-state index in [4.69, 9.17) is 21.7 Å². The fourth-order valence-electron chi connectivity index (χ4n) is 3.18.